The van der Waals surface area contributed by atoms with Gasteiger partial charge in [-0.3, -0.25) is 14.7 Å². The first-order chi connectivity index (χ1) is 19.5. The number of ether oxygens (including phenoxy) is 2. The number of aliphatic hydroxyl groups is 1. The molecule has 2 aromatic heterocycles. The number of rotatable bonds is 9. The van der Waals surface area contributed by atoms with Crippen molar-refractivity contribution in [3.05, 3.63) is 29.8 Å². The predicted octanol–water partition coefficient (Wildman–Crippen LogP) is 3.47. The zero-order chi connectivity index (χ0) is 29.4. The number of alkyl halides is 2. The first kappa shape index (κ1) is 29.3. The number of piperidine rings is 1. The molecule has 3 fully saturated rings. The van der Waals surface area contributed by atoms with Gasteiger partial charge < -0.3 is 24.8 Å². The van der Waals surface area contributed by atoms with Crippen LogP contribution in [0.1, 0.15) is 68.3 Å². The second-order valence-corrected chi connectivity index (χ2v) is 11.5. The average Bonchev–Trinajstić information content (AvgIpc) is 3.54. The molecule has 1 saturated heterocycles. The number of hydrogen-bond donors (Lipinski definition) is 3. The van der Waals surface area contributed by atoms with E-state index in [4.69, 9.17) is 9.47 Å². The Labute approximate surface area is 236 Å². The Bertz CT molecular complexity index is 1280. The van der Waals surface area contributed by atoms with E-state index in [-0.39, 0.29) is 73.2 Å². The van der Waals surface area contributed by atoms with Gasteiger partial charge in [0.1, 0.15) is 5.60 Å². The minimum Gasteiger partial charge on any atom is -0.481 e. The molecule has 0 bridgehead atoms. The van der Waals surface area contributed by atoms with Crippen LogP contribution >= 0.6 is 0 Å². The number of nitrogens with zero attached hydrogens (tertiary/aromatic N) is 3. The third-order valence-electron chi connectivity index (χ3n) is 8.93. The summed E-state index contributed by atoms with van der Waals surface area (Å²) in [5, 5.41) is 20.5. The zero-order valence-corrected chi connectivity index (χ0v) is 23.2. The molecule has 3 N–H and O–H groups in total. The monoisotopic (exact) mass is 579 g/mol. The molecule has 3 heterocycles. The van der Waals surface area contributed by atoms with E-state index in [2.05, 4.69) is 20.5 Å². The minimum atomic E-state index is -3.26. The normalized spacial score (nSPS) is 25.7. The van der Waals surface area contributed by atoms with Crippen molar-refractivity contribution in [1.29, 1.82) is 0 Å². The van der Waals surface area contributed by atoms with Crippen LogP contribution in [0.3, 0.4) is 0 Å². The van der Waals surface area contributed by atoms with Gasteiger partial charge in [-0.25, -0.2) is 18.2 Å². The summed E-state index contributed by atoms with van der Waals surface area (Å²) in [5.41, 5.74) is -1.88. The highest BCUT2D eigenvalue weighted by Crippen LogP contribution is 2.51. The summed E-state index contributed by atoms with van der Waals surface area (Å²) in [5.74, 6) is -4.35. The van der Waals surface area contributed by atoms with Crippen LogP contribution in [-0.2, 0) is 9.53 Å². The molecule has 1 spiro atoms. The maximum Gasteiger partial charge on any atom is 0.278 e. The lowest BCUT2D eigenvalue weighted by atomic mass is 9.77. The molecular weight excluding hydrogens is 543 g/mol. The maximum absolute atomic E-state index is 14.5. The fourth-order valence-corrected chi connectivity index (χ4v) is 6.18. The van der Waals surface area contributed by atoms with Gasteiger partial charge in [-0.2, -0.15) is 5.10 Å². The third-order valence-corrected chi connectivity index (χ3v) is 8.93. The van der Waals surface area contributed by atoms with E-state index in [1.165, 1.54) is 26.4 Å². The van der Waals surface area contributed by atoms with Gasteiger partial charge in [0.15, 0.2) is 11.5 Å². The molecule has 2 aliphatic carbocycles. The largest absolute Gasteiger partial charge is 0.481 e. The van der Waals surface area contributed by atoms with Crippen molar-refractivity contribution in [2.45, 2.75) is 80.9 Å². The van der Waals surface area contributed by atoms with Crippen LogP contribution in [0.4, 0.5) is 13.2 Å². The van der Waals surface area contributed by atoms with Gasteiger partial charge in [-0.05, 0) is 57.4 Å². The predicted molar refractivity (Wildman–Crippen MR) is 141 cm³/mol. The lowest BCUT2D eigenvalue weighted by Crippen LogP contribution is -2.55. The number of amides is 2. The van der Waals surface area contributed by atoms with Crippen molar-refractivity contribution in [2.24, 2.45) is 5.92 Å². The molecule has 3 aliphatic rings. The summed E-state index contributed by atoms with van der Waals surface area (Å²) in [4.78, 5) is 32.2. The number of methoxy groups -OCH3 is 2. The number of nitrogens with one attached hydrogen (secondary N) is 2. The second kappa shape index (κ2) is 11.2. The number of aromatic nitrogens is 3. The Hall–Kier alpha value is -3.19. The van der Waals surface area contributed by atoms with Crippen LogP contribution in [-0.4, -0.2) is 87.5 Å². The zero-order valence-electron chi connectivity index (χ0n) is 23.2. The lowest BCUT2D eigenvalue weighted by molar-refractivity contribution is -0.204. The number of H-pyrrole nitrogens is 1. The number of carbonyl (C=O) groups is 2. The molecule has 0 radical (unpaired) electrons. The molecule has 1 aliphatic heterocycles. The molecule has 2 saturated carbocycles. The molecule has 2 amide bonds. The van der Waals surface area contributed by atoms with Crippen LogP contribution in [0.5, 0.6) is 5.88 Å². The first-order valence-electron chi connectivity index (χ1n) is 14.0. The molecule has 5 rings (SSSR count). The van der Waals surface area contributed by atoms with Gasteiger partial charge in [0.05, 0.1) is 25.6 Å². The number of likely N-dealkylation sites (tertiary alicyclic amines) is 1. The van der Waals surface area contributed by atoms with Crippen molar-refractivity contribution in [2.75, 3.05) is 27.4 Å². The summed E-state index contributed by atoms with van der Waals surface area (Å²) in [6.07, 6.45) is 3.30. The number of hydrogen-bond acceptors (Lipinski definition) is 7. The Balaban J connectivity index is 1.17. The van der Waals surface area contributed by atoms with E-state index in [9.17, 15) is 27.9 Å². The summed E-state index contributed by atoms with van der Waals surface area (Å²) in [7, 11) is 2.77. The number of aromatic amines is 1. The highest BCUT2D eigenvalue weighted by molar-refractivity contribution is 5.94. The van der Waals surface area contributed by atoms with Crippen molar-refractivity contribution in [3.63, 3.8) is 0 Å². The van der Waals surface area contributed by atoms with E-state index in [1.807, 2.05) is 0 Å². The van der Waals surface area contributed by atoms with Gasteiger partial charge in [-0.1, -0.05) is 0 Å². The Morgan fingerprint density at radius 1 is 1.20 bits per heavy atom. The van der Waals surface area contributed by atoms with Gasteiger partial charge >= 0.3 is 0 Å². The highest BCUT2D eigenvalue weighted by Gasteiger charge is 2.56. The number of pyridine rings is 1. The van der Waals surface area contributed by atoms with Crippen molar-refractivity contribution < 1.29 is 37.3 Å². The van der Waals surface area contributed by atoms with Crippen LogP contribution in [0.2, 0.25) is 0 Å². The van der Waals surface area contributed by atoms with Crippen LogP contribution in [0.25, 0.3) is 11.3 Å². The highest BCUT2D eigenvalue weighted by atomic mass is 19.3. The molecular formula is C28H36F3N5O5. The van der Waals surface area contributed by atoms with E-state index >= 15 is 0 Å². The number of halogens is 3. The molecule has 0 aromatic carbocycles. The molecule has 13 heteroatoms. The van der Waals surface area contributed by atoms with E-state index in [1.54, 1.807) is 4.90 Å². The van der Waals surface area contributed by atoms with E-state index in [0.717, 1.165) is 19.0 Å². The standard InChI is InChI=1S/C28H36F3N5O5/c1-40-12-10-28(30,31)27(39)6-3-18(4-7-27)33-24(37)17-5-11-36(26(15-17)8-9-26)25(38)22-14-21(34-35-22)19-13-23(41-2)32-16-20(19)29/h13-14,16-18,39H,3-12,15H2,1-2H3,(H,33,37)(H,34,35)/t17-,18-,27+/m0/s1. The van der Waals surface area contributed by atoms with Crippen LogP contribution in [0, 0.1) is 11.7 Å². The van der Waals surface area contributed by atoms with Gasteiger partial charge in [-0.15, -0.1) is 0 Å². The third kappa shape index (κ3) is 5.78. The Morgan fingerprint density at radius 3 is 2.59 bits per heavy atom. The molecule has 41 heavy (non-hydrogen) atoms. The minimum absolute atomic E-state index is 0.104. The SMILES string of the molecule is COCCC(F)(F)[C@]1(O)CC[C@@H](NC(=O)[C@H]2CCN(C(=O)c3cc(-c4cc(OC)ncc4F)[nH]n3)C3(CC3)C2)CC1. The summed E-state index contributed by atoms with van der Waals surface area (Å²) >= 11 is 0. The smallest absolute Gasteiger partial charge is 0.278 e. The molecule has 1 atom stereocenters. The Morgan fingerprint density at radius 2 is 1.93 bits per heavy atom. The fourth-order valence-electron chi connectivity index (χ4n) is 6.18. The summed E-state index contributed by atoms with van der Waals surface area (Å²) in [6.45, 7) is 0.227. The Kier molecular flexibility index (Phi) is 8.03. The van der Waals surface area contributed by atoms with Gasteiger partial charge in [0.25, 0.3) is 11.8 Å². The van der Waals surface area contributed by atoms with Crippen molar-refractivity contribution in [3.8, 4) is 17.1 Å². The molecule has 0 unspecified atom stereocenters. The summed E-state index contributed by atoms with van der Waals surface area (Å²) < 4.78 is 53.3. The average molecular weight is 580 g/mol. The molecule has 10 nitrogen and oxygen atoms in total. The van der Waals surface area contributed by atoms with E-state index in [0.29, 0.717) is 25.1 Å². The topological polar surface area (TPSA) is 130 Å². The lowest BCUT2D eigenvalue weighted by Gasteiger charge is -2.42. The molecule has 2 aromatic rings. The second-order valence-electron chi connectivity index (χ2n) is 11.5. The maximum atomic E-state index is 14.5. The van der Waals surface area contributed by atoms with Crippen molar-refractivity contribution >= 4 is 11.8 Å². The van der Waals surface area contributed by atoms with Crippen LogP contribution < -0.4 is 10.1 Å². The fraction of sp³-hybridized carbons (Fsp3) is 0.643. The van der Waals surface area contributed by atoms with E-state index < -0.39 is 29.3 Å². The quantitative estimate of drug-likeness (QED) is 0.415. The summed E-state index contributed by atoms with van der Waals surface area (Å²) in [6, 6.07) is 2.63. The van der Waals surface area contributed by atoms with Crippen LogP contribution in [0.15, 0.2) is 18.3 Å². The molecule has 224 valence electrons. The van der Waals surface area contributed by atoms with Crippen molar-refractivity contribution in [1.82, 2.24) is 25.4 Å². The van der Waals surface area contributed by atoms with Gasteiger partial charge in [0, 0.05) is 49.2 Å². The van der Waals surface area contributed by atoms with Gasteiger partial charge in [0.2, 0.25) is 11.8 Å². The first-order valence-corrected chi connectivity index (χ1v) is 14.0. The number of carbonyl (C=O) groups excluding carboxylic acids is 2.